The fourth-order valence-corrected chi connectivity index (χ4v) is 12.7. The number of ether oxygens (including phenoxy) is 4. The number of phosphoric acid groups is 2. The van der Waals surface area contributed by atoms with Crippen molar-refractivity contribution >= 4 is 39.5 Å². The van der Waals surface area contributed by atoms with E-state index in [1.165, 1.54) is 186 Å². The molecule has 17 nitrogen and oxygen atoms in total. The van der Waals surface area contributed by atoms with Gasteiger partial charge in [0.05, 0.1) is 26.4 Å². The van der Waals surface area contributed by atoms with E-state index in [4.69, 9.17) is 37.0 Å². The van der Waals surface area contributed by atoms with Gasteiger partial charge >= 0.3 is 39.5 Å². The third-order valence-corrected chi connectivity index (χ3v) is 19.2. The molecule has 3 unspecified atom stereocenters. The van der Waals surface area contributed by atoms with Gasteiger partial charge in [0.25, 0.3) is 0 Å². The molecule has 6 atom stereocenters. The number of carbonyl (C=O) groups excluding carboxylic acids is 4. The van der Waals surface area contributed by atoms with Crippen LogP contribution in [0.25, 0.3) is 0 Å². The van der Waals surface area contributed by atoms with Crippen molar-refractivity contribution in [1.82, 2.24) is 0 Å². The van der Waals surface area contributed by atoms with Crippen LogP contribution in [-0.2, 0) is 65.4 Å². The molecule has 546 valence electrons. The van der Waals surface area contributed by atoms with Gasteiger partial charge in [0.2, 0.25) is 0 Å². The zero-order valence-corrected chi connectivity index (χ0v) is 61.6. The second-order valence-electron chi connectivity index (χ2n) is 27.1. The topological polar surface area (TPSA) is 237 Å². The van der Waals surface area contributed by atoms with Crippen LogP contribution in [0.3, 0.4) is 0 Å². The first-order chi connectivity index (χ1) is 44.4. The Morgan fingerprint density at radius 2 is 0.554 bits per heavy atom. The number of hydrogen-bond acceptors (Lipinski definition) is 15. The lowest BCUT2D eigenvalue weighted by Gasteiger charge is -2.21. The molecule has 0 amide bonds. The Labute approximate surface area is 562 Å². The van der Waals surface area contributed by atoms with Crippen LogP contribution in [-0.4, -0.2) is 96.7 Å². The molecule has 0 fully saturated rings. The molecule has 0 aromatic carbocycles. The third-order valence-electron chi connectivity index (χ3n) is 17.3. The normalized spacial score (nSPS) is 14.4. The molecule has 0 aromatic heterocycles. The highest BCUT2D eigenvalue weighted by Crippen LogP contribution is 2.45. The fraction of sp³-hybridized carbons (Fsp3) is 0.945. The molecule has 0 aliphatic heterocycles. The molecule has 3 N–H and O–H groups in total. The van der Waals surface area contributed by atoms with E-state index in [1.54, 1.807) is 0 Å². The van der Waals surface area contributed by atoms with E-state index >= 15 is 0 Å². The average molecular weight is 1350 g/mol. The summed E-state index contributed by atoms with van der Waals surface area (Å²) in [5, 5.41) is 10.6. The summed E-state index contributed by atoms with van der Waals surface area (Å²) in [5.74, 6) is -0.646. The van der Waals surface area contributed by atoms with Crippen molar-refractivity contribution in [2.45, 2.75) is 394 Å². The van der Waals surface area contributed by atoms with Gasteiger partial charge in [-0.05, 0) is 37.5 Å². The fourth-order valence-electron chi connectivity index (χ4n) is 11.1. The summed E-state index contributed by atoms with van der Waals surface area (Å²) in [6.45, 7) is 9.52. The van der Waals surface area contributed by atoms with Crippen LogP contribution in [0.1, 0.15) is 375 Å². The number of aliphatic hydroxyl groups excluding tert-OH is 1. The molecule has 92 heavy (non-hydrogen) atoms. The highest BCUT2D eigenvalue weighted by molar-refractivity contribution is 7.47. The molecule has 0 aliphatic carbocycles. The first kappa shape index (κ1) is 90.1. The maximum atomic E-state index is 13.1. The van der Waals surface area contributed by atoms with Gasteiger partial charge in [-0.25, -0.2) is 9.13 Å². The zero-order valence-electron chi connectivity index (χ0n) is 59.9. The number of phosphoric ester groups is 2. The first-order valence-electron chi connectivity index (χ1n) is 38.0. The van der Waals surface area contributed by atoms with Crippen LogP contribution < -0.4 is 0 Å². The Kier molecular flexibility index (Phi) is 63.7. The summed E-state index contributed by atoms with van der Waals surface area (Å²) in [7, 11) is -9.91. The van der Waals surface area contributed by atoms with E-state index in [2.05, 4.69) is 41.5 Å². The molecule has 0 bridgehead atoms. The van der Waals surface area contributed by atoms with E-state index in [1.807, 2.05) is 0 Å². The molecule has 0 spiro atoms. The quantitative estimate of drug-likeness (QED) is 0.0222. The van der Waals surface area contributed by atoms with Crippen molar-refractivity contribution in [3.05, 3.63) is 0 Å². The molecule has 0 saturated carbocycles. The van der Waals surface area contributed by atoms with Gasteiger partial charge in [-0.2, -0.15) is 0 Å². The third kappa shape index (κ3) is 65.4. The van der Waals surface area contributed by atoms with E-state index in [9.17, 15) is 43.2 Å². The SMILES string of the molecule is CCCCCCCCCCCCCCCCCCC(=O)O[C@H](COC(=O)CCCCCCCCCCCCCCCC)COP(=O)(O)OC[C@@H](O)COP(=O)(O)OC[C@@H](COC(=O)CCCCCCCCCC(C)C)OC(=O)CCCCCCCCCCC(C)CC. The number of hydrogen-bond donors (Lipinski definition) is 3. The molecule has 0 aromatic rings. The average Bonchev–Trinajstić information content (AvgIpc) is 1.79. The largest absolute Gasteiger partial charge is 0.472 e. The number of carbonyl (C=O) groups is 4. The van der Waals surface area contributed by atoms with Crippen molar-refractivity contribution in [2.75, 3.05) is 39.6 Å². The van der Waals surface area contributed by atoms with Gasteiger partial charge in [0.1, 0.15) is 19.3 Å². The smallest absolute Gasteiger partial charge is 0.462 e. The van der Waals surface area contributed by atoms with Gasteiger partial charge in [-0.1, -0.05) is 324 Å². The molecule has 0 rings (SSSR count). The van der Waals surface area contributed by atoms with Gasteiger partial charge in [0, 0.05) is 25.7 Å². The van der Waals surface area contributed by atoms with Crippen molar-refractivity contribution in [3.8, 4) is 0 Å². The lowest BCUT2D eigenvalue weighted by molar-refractivity contribution is -0.161. The number of unbranched alkanes of at least 4 members (excludes halogenated alkanes) is 41. The second-order valence-corrected chi connectivity index (χ2v) is 30.0. The first-order valence-corrected chi connectivity index (χ1v) is 41.0. The van der Waals surface area contributed by atoms with Gasteiger partial charge in [0.15, 0.2) is 12.2 Å². The van der Waals surface area contributed by atoms with Crippen LogP contribution in [0.5, 0.6) is 0 Å². The number of esters is 4. The van der Waals surface area contributed by atoms with Crippen LogP contribution >= 0.6 is 15.6 Å². The van der Waals surface area contributed by atoms with E-state index in [0.717, 1.165) is 102 Å². The van der Waals surface area contributed by atoms with Gasteiger partial charge in [-0.15, -0.1) is 0 Å². The summed E-state index contributed by atoms with van der Waals surface area (Å²) < 4.78 is 68.4. The second kappa shape index (κ2) is 65.0. The lowest BCUT2D eigenvalue weighted by atomic mass is 9.99. The number of aliphatic hydroxyl groups is 1. The van der Waals surface area contributed by atoms with Gasteiger partial charge in [-0.3, -0.25) is 37.3 Å². The maximum Gasteiger partial charge on any atom is 0.472 e. The molecule has 0 radical (unpaired) electrons. The monoisotopic (exact) mass is 1350 g/mol. The summed E-state index contributed by atoms with van der Waals surface area (Å²) in [5.41, 5.74) is 0. The van der Waals surface area contributed by atoms with Crippen molar-refractivity contribution < 1.29 is 80.2 Å². The Balaban J connectivity index is 5.25. The molecule has 19 heteroatoms. The van der Waals surface area contributed by atoms with Crippen LogP contribution in [0, 0.1) is 11.8 Å². The highest BCUT2D eigenvalue weighted by atomic mass is 31.2. The van der Waals surface area contributed by atoms with Crippen LogP contribution in [0.4, 0.5) is 0 Å². The standard InChI is InChI=1S/C73H142O17P2/c1-7-10-12-14-16-18-20-22-24-25-27-29-31-38-45-51-57-72(77)89-68(61-83-70(75)55-49-43-37-30-28-26-23-21-19-17-15-13-11-8-2)63-87-91(79,80)85-59-67(74)60-86-92(81,82)88-64-69(62-84-71(76)56-50-44-40-34-35-41-47-53-65(4)5)90-73(78)58-52-46-39-33-32-36-42-48-54-66(6)9-3/h65-69,74H,7-64H2,1-6H3,(H,79,80)(H,81,82)/t66?,67-,68-,69-/m1/s1. The Morgan fingerprint density at radius 3 is 0.826 bits per heavy atom. The summed E-state index contributed by atoms with van der Waals surface area (Å²) in [6.07, 6.45) is 51.3. The minimum Gasteiger partial charge on any atom is -0.462 e. The molecular weight excluding hydrogens is 1210 g/mol. The van der Waals surface area contributed by atoms with Crippen molar-refractivity contribution in [3.63, 3.8) is 0 Å². The van der Waals surface area contributed by atoms with E-state index in [-0.39, 0.29) is 25.7 Å². The molecule has 0 heterocycles. The maximum absolute atomic E-state index is 13.1. The summed E-state index contributed by atoms with van der Waals surface area (Å²) >= 11 is 0. The van der Waals surface area contributed by atoms with Crippen LogP contribution in [0.15, 0.2) is 0 Å². The van der Waals surface area contributed by atoms with Crippen molar-refractivity contribution in [1.29, 1.82) is 0 Å². The minimum absolute atomic E-state index is 0.104. The van der Waals surface area contributed by atoms with Crippen LogP contribution in [0.2, 0.25) is 0 Å². The summed E-state index contributed by atoms with van der Waals surface area (Å²) in [4.78, 5) is 72.7. The minimum atomic E-state index is -4.95. The number of rotatable bonds is 72. The lowest BCUT2D eigenvalue weighted by Crippen LogP contribution is -2.30. The molecular formula is C73H142O17P2. The Hall–Kier alpha value is -1.94. The van der Waals surface area contributed by atoms with E-state index < -0.39 is 97.5 Å². The molecule has 0 aliphatic rings. The Morgan fingerprint density at radius 1 is 0.315 bits per heavy atom. The highest BCUT2D eigenvalue weighted by Gasteiger charge is 2.30. The zero-order chi connectivity index (χ0) is 67.9. The predicted octanol–water partition coefficient (Wildman–Crippen LogP) is 21.2. The molecule has 0 saturated heterocycles. The van der Waals surface area contributed by atoms with Gasteiger partial charge < -0.3 is 33.8 Å². The van der Waals surface area contributed by atoms with Crippen molar-refractivity contribution in [2.24, 2.45) is 11.8 Å². The van der Waals surface area contributed by atoms with E-state index in [0.29, 0.717) is 31.6 Å². The predicted molar refractivity (Wildman–Crippen MR) is 372 cm³/mol. The summed E-state index contributed by atoms with van der Waals surface area (Å²) in [6, 6.07) is 0. The Bertz CT molecular complexity index is 1790.